The van der Waals surface area contributed by atoms with Gasteiger partial charge < -0.3 is 10.4 Å². The molecule has 1 atom stereocenters. The standard InChI is InChI=1S/C13H18N2O3/c1-3-5-10(8-11(16)17)15-13(18)12-9(2)6-4-7-14-12/h4,6-7,10H,3,5,8H2,1-2H3,(H,15,18)(H,16,17). The van der Waals surface area contributed by atoms with Gasteiger partial charge in [-0.25, -0.2) is 0 Å². The van der Waals surface area contributed by atoms with E-state index in [1.165, 1.54) is 0 Å². The highest BCUT2D eigenvalue weighted by atomic mass is 16.4. The van der Waals surface area contributed by atoms with Crippen LogP contribution in [0.4, 0.5) is 0 Å². The Morgan fingerprint density at radius 2 is 2.22 bits per heavy atom. The van der Waals surface area contributed by atoms with Crippen LogP contribution in [0.1, 0.15) is 42.2 Å². The summed E-state index contributed by atoms with van der Waals surface area (Å²) >= 11 is 0. The molecular formula is C13H18N2O3. The van der Waals surface area contributed by atoms with Crippen LogP contribution in [0.25, 0.3) is 0 Å². The number of aryl methyl sites for hydroxylation is 1. The van der Waals surface area contributed by atoms with Gasteiger partial charge in [0.05, 0.1) is 6.42 Å². The Labute approximate surface area is 106 Å². The van der Waals surface area contributed by atoms with Crippen molar-refractivity contribution in [3.63, 3.8) is 0 Å². The number of aromatic nitrogens is 1. The number of nitrogens with zero attached hydrogens (tertiary/aromatic N) is 1. The van der Waals surface area contributed by atoms with Crippen molar-refractivity contribution in [3.05, 3.63) is 29.6 Å². The monoisotopic (exact) mass is 250 g/mol. The number of carbonyl (C=O) groups is 2. The average molecular weight is 250 g/mol. The summed E-state index contributed by atoms with van der Waals surface area (Å²) in [5.41, 5.74) is 1.13. The van der Waals surface area contributed by atoms with E-state index in [4.69, 9.17) is 5.11 Å². The predicted molar refractivity (Wildman–Crippen MR) is 67.4 cm³/mol. The van der Waals surface area contributed by atoms with E-state index in [0.29, 0.717) is 12.1 Å². The second-order valence-electron chi connectivity index (χ2n) is 4.23. The SMILES string of the molecule is CCCC(CC(=O)O)NC(=O)c1ncccc1C. The topological polar surface area (TPSA) is 79.3 Å². The zero-order valence-electron chi connectivity index (χ0n) is 10.6. The summed E-state index contributed by atoms with van der Waals surface area (Å²) in [6, 6.07) is 3.21. The summed E-state index contributed by atoms with van der Waals surface area (Å²) in [5, 5.41) is 11.5. The van der Waals surface area contributed by atoms with Crippen LogP contribution in [0.2, 0.25) is 0 Å². The van der Waals surface area contributed by atoms with Crippen molar-refractivity contribution in [2.45, 2.75) is 39.2 Å². The lowest BCUT2D eigenvalue weighted by Gasteiger charge is -2.16. The summed E-state index contributed by atoms with van der Waals surface area (Å²) in [5.74, 6) is -1.22. The number of hydrogen-bond donors (Lipinski definition) is 2. The molecule has 5 nitrogen and oxygen atoms in total. The molecule has 1 amide bonds. The predicted octanol–water partition coefficient (Wildman–Crippen LogP) is 1.76. The molecule has 1 heterocycles. The van der Waals surface area contributed by atoms with Crippen LogP contribution in [-0.4, -0.2) is 28.0 Å². The lowest BCUT2D eigenvalue weighted by Crippen LogP contribution is -2.37. The fraction of sp³-hybridized carbons (Fsp3) is 0.462. The number of rotatable bonds is 6. The summed E-state index contributed by atoms with van der Waals surface area (Å²) in [4.78, 5) is 26.7. The Balaban J connectivity index is 2.72. The number of aliphatic carboxylic acids is 1. The van der Waals surface area contributed by atoms with E-state index in [1.54, 1.807) is 25.3 Å². The number of amides is 1. The summed E-state index contributed by atoms with van der Waals surface area (Å²) in [6.45, 7) is 3.75. The molecule has 5 heteroatoms. The van der Waals surface area contributed by atoms with Crippen LogP contribution in [0, 0.1) is 6.92 Å². The molecule has 98 valence electrons. The van der Waals surface area contributed by atoms with Crippen molar-refractivity contribution in [2.75, 3.05) is 0 Å². The second kappa shape index (κ2) is 6.74. The number of nitrogens with one attached hydrogen (secondary N) is 1. The molecule has 0 aliphatic carbocycles. The largest absolute Gasteiger partial charge is 0.481 e. The smallest absolute Gasteiger partial charge is 0.305 e. The molecule has 0 spiro atoms. The van der Waals surface area contributed by atoms with Gasteiger partial charge in [-0.2, -0.15) is 0 Å². The number of hydrogen-bond acceptors (Lipinski definition) is 3. The second-order valence-corrected chi connectivity index (χ2v) is 4.23. The minimum absolute atomic E-state index is 0.0640. The van der Waals surface area contributed by atoms with Crippen LogP contribution >= 0.6 is 0 Å². The van der Waals surface area contributed by atoms with Gasteiger partial charge >= 0.3 is 5.97 Å². The molecule has 2 N–H and O–H groups in total. The first-order valence-electron chi connectivity index (χ1n) is 5.98. The van der Waals surface area contributed by atoms with Gasteiger partial charge in [0, 0.05) is 12.2 Å². The Hall–Kier alpha value is -1.91. The van der Waals surface area contributed by atoms with E-state index in [0.717, 1.165) is 12.0 Å². The maximum atomic E-state index is 12.0. The van der Waals surface area contributed by atoms with Gasteiger partial charge in [-0.15, -0.1) is 0 Å². The van der Waals surface area contributed by atoms with Gasteiger partial charge in [0.2, 0.25) is 0 Å². The summed E-state index contributed by atoms with van der Waals surface area (Å²) in [7, 11) is 0. The van der Waals surface area contributed by atoms with Crippen molar-refractivity contribution < 1.29 is 14.7 Å². The Kier molecular flexibility index (Phi) is 5.30. The van der Waals surface area contributed by atoms with E-state index >= 15 is 0 Å². The number of pyridine rings is 1. The molecule has 0 saturated carbocycles. The first kappa shape index (κ1) is 14.2. The zero-order valence-corrected chi connectivity index (χ0v) is 10.6. The van der Waals surface area contributed by atoms with E-state index in [1.807, 2.05) is 6.92 Å². The molecule has 0 fully saturated rings. The molecule has 0 aromatic carbocycles. The number of carboxylic acid groups (broad SMARTS) is 1. The van der Waals surface area contributed by atoms with E-state index in [9.17, 15) is 9.59 Å². The van der Waals surface area contributed by atoms with Crippen molar-refractivity contribution >= 4 is 11.9 Å². The molecule has 1 unspecified atom stereocenters. The molecule has 0 bridgehead atoms. The molecule has 0 saturated heterocycles. The molecule has 0 radical (unpaired) electrons. The highest BCUT2D eigenvalue weighted by Crippen LogP contribution is 2.07. The van der Waals surface area contributed by atoms with Gasteiger partial charge in [-0.3, -0.25) is 14.6 Å². The quantitative estimate of drug-likeness (QED) is 0.806. The lowest BCUT2D eigenvalue weighted by atomic mass is 10.1. The van der Waals surface area contributed by atoms with Crippen LogP contribution in [0.15, 0.2) is 18.3 Å². The van der Waals surface area contributed by atoms with Crippen LogP contribution < -0.4 is 5.32 Å². The highest BCUT2D eigenvalue weighted by molar-refractivity contribution is 5.94. The highest BCUT2D eigenvalue weighted by Gasteiger charge is 2.17. The fourth-order valence-corrected chi connectivity index (χ4v) is 1.76. The minimum atomic E-state index is -0.911. The number of carboxylic acids is 1. The van der Waals surface area contributed by atoms with Gasteiger partial charge in [-0.05, 0) is 25.0 Å². The van der Waals surface area contributed by atoms with Crippen LogP contribution in [-0.2, 0) is 4.79 Å². The Bertz CT molecular complexity index is 432. The van der Waals surface area contributed by atoms with Gasteiger partial charge in [-0.1, -0.05) is 19.4 Å². The average Bonchev–Trinajstić information content (AvgIpc) is 2.28. The molecule has 1 aromatic rings. The van der Waals surface area contributed by atoms with Crippen molar-refractivity contribution in [1.82, 2.24) is 10.3 Å². The van der Waals surface area contributed by atoms with Crippen LogP contribution in [0.3, 0.4) is 0 Å². The van der Waals surface area contributed by atoms with Gasteiger partial charge in [0.1, 0.15) is 5.69 Å². The number of carbonyl (C=O) groups excluding carboxylic acids is 1. The third-order valence-corrected chi connectivity index (χ3v) is 2.62. The molecular weight excluding hydrogens is 232 g/mol. The molecule has 0 aliphatic rings. The third-order valence-electron chi connectivity index (χ3n) is 2.62. The minimum Gasteiger partial charge on any atom is -0.481 e. The van der Waals surface area contributed by atoms with E-state index in [2.05, 4.69) is 10.3 Å². The first-order chi connectivity index (χ1) is 8.54. The Morgan fingerprint density at radius 3 is 2.78 bits per heavy atom. The maximum absolute atomic E-state index is 12.0. The normalized spacial score (nSPS) is 11.9. The first-order valence-corrected chi connectivity index (χ1v) is 5.98. The third kappa shape index (κ3) is 4.16. The van der Waals surface area contributed by atoms with E-state index in [-0.39, 0.29) is 18.4 Å². The fourth-order valence-electron chi connectivity index (χ4n) is 1.76. The molecule has 0 aliphatic heterocycles. The van der Waals surface area contributed by atoms with Crippen molar-refractivity contribution in [3.8, 4) is 0 Å². The van der Waals surface area contributed by atoms with Crippen LogP contribution in [0.5, 0.6) is 0 Å². The van der Waals surface area contributed by atoms with E-state index < -0.39 is 5.97 Å². The van der Waals surface area contributed by atoms with Gasteiger partial charge in [0.25, 0.3) is 5.91 Å². The summed E-state index contributed by atoms with van der Waals surface area (Å²) < 4.78 is 0. The molecule has 1 aromatic heterocycles. The van der Waals surface area contributed by atoms with Gasteiger partial charge in [0.15, 0.2) is 0 Å². The molecule has 1 rings (SSSR count). The summed E-state index contributed by atoms with van der Waals surface area (Å²) in [6.07, 6.45) is 2.95. The Morgan fingerprint density at radius 1 is 1.50 bits per heavy atom. The van der Waals surface area contributed by atoms with Crippen molar-refractivity contribution in [2.24, 2.45) is 0 Å². The lowest BCUT2D eigenvalue weighted by molar-refractivity contribution is -0.137. The zero-order chi connectivity index (χ0) is 13.5. The maximum Gasteiger partial charge on any atom is 0.305 e. The van der Waals surface area contributed by atoms with Crippen molar-refractivity contribution in [1.29, 1.82) is 0 Å². The molecule has 18 heavy (non-hydrogen) atoms.